The standard InChI is InChI=1S/C16H26N2O4S/c1-5-12-22-15-10-8-14(9-11-15)18(23(4,20)21)13-16(19)17(6-2)7-3/h8-11H,5-7,12-13H2,1-4H3. The van der Waals surface area contributed by atoms with Crippen LogP contribution < -0.4 is 9.04 Å². The van der Waals surface area contributed by atoms with Crippen LogP contribution in [-0.2, 0) is 14.8 Å². The third-order valence-electron chi connectivity index (χ3n) is 3.39. The Kier molecular flexibility index (Phi) is 7.35. The van der Waals surface area contributed by atoms with E-state index in [-0.39, 0.29) is 12.5 Å². The van der Waals surface area contributed by atoms with Crippen LogP contribution in [0.3, 0.4) is 0 Å². The minimum absolute atomic E-state index is 0.199. The van der Waals surface area contributed by atoms with Crippen LogP contribution in [0.5, 0.6) is 5.75 Å². The van der Waals surface area contributed by atoms with Crippen molar-refractivity contribution in [3.05, 3.63) is 24.3 Å². The van der Waals surface area contributed by atoms with Gasteiger partial charge in [0.25, 0.3) is 0 Å². The molecule has 0 N–H and O–H groups in total. The highest BCUT2D eigenvalue weighted by Gasteiger charge is 2.23. The van der Waals surface area contributed by atoms with Gasteiger partial charge in [-0.3, -0.25) is 9.10 Å². The Morgan fingerprint density at radius 1 is 1.09 bits per heavy atom. The summed E-state index contributed by atoms with van der Waals surface area (Å²) >= 11 is 0. The summed E-state index contributed by atoms with van der Waals surface area (Å²) in [5.74, 6) is 0.464. The minimum atomic E-state index is -3.55. The molecular formula is C16H26N2O4S. The number of ether oxygens (including phenoxy) is 1. The van der Waals surface area contributed by atoms with Crippen LogP contribution in [0.15, 0.2) is 24.3 Å². The predicted molar refractivity (Wildman–Crippen MR) is 92.3 cm³/mol. The SMILES string of the molecule is CCCOc1ccc(N(CC(=O)N(CC)CC)S(C)(=O)=O)cc1. The highest BCUT2D eigenvalue weighted by Crippen LogP contribution is 2.22. The molecule has 23 heavy (non-hydrogen) atoms. The number of likely N-dealkylation sites (N-methyl/N-ethyl adjacent to an activating group) is 1. The number of amides is 1. The highest BCUT2D eigenvalue weighted by atomic mass is 32.2. The molecule has 0 aliphatic heterocycles. The molecular weight excluding hydrogens is 316 g/mol. The molecule has 0 aliphatic carbocycles. The number of carbonyl (C=O) groups excluding carboxylic acids is 1. The fourth-order valence-corrected chi connectivity index (χ4v) is 2.98. The molecule has 0 fully saturated rings. The lowest BCUT2D eigenvalue weighted by atomic mass is 10.3. The van der Waals surface area contributed by atoms with E-state index in [1.54, 1.807) is 29.2 Å². The van der Waals surface area contributed by atoms with Crippen molar-refractivity contribution in [2.24, 2.45) is 0 Å². The number of carbonyl (C=O) groups is 1. The van der Waals surface area contributed by atoms with Gasteiger partial charge in [0.1, 0.15) is 12.3 Å². The summed E-state index contributed by atoms with van der Waals surface area (Å²) in [5.41, 5.74) is 0.455. The smallest absolute Gasteiger partial charge is 0.243 e. The Morgan fingerprint density at radius 3 is 2.09 bits per heavy atom. The molecule has 0 saturated heterocycles. The molecule has 1 rings (SSSR count). The van der Waals surface area contributed by atoms with Crippen molar-refractivity contribution >= 4 is 21.6 Å². The van der Waals surface area contributed by atoms with E-state index >= 15 is 0 Å². The first-order valence-electron chi connectivity index (χ1n) is 7.81. The summed E-state index contributed by atoms with van der Waals surface area (Å²) in [6, 6.07) is 6.74. The van der Waals surface area contributed by atoms with Gasteiger partial charge in [-0.25, -0.2) is 8.42 Å². The Balaban J connectivity index is 2.97. The Bertz CT molecular complexity index is 595. The Hall–Kier alpha value is -1.76. The zero-order valence-electron chi connectivity index (χ0n) is 14.3. The fraction of sp³-hybridized carbons (Fsp3) is 0.562. The van der Waals surface area contributed by atoms with Crippen LogP contribution in [-0.4, -0.2) is 51.7 Å². The quantitative estimate of drug-likeness (QED) is 0.689. The zero-order valence-corrected chi connectivity index (χ0v) is 15.1. The van der Waals surface area contributed by atoms with Gasteiger partial charge in [0.05, 0.1) is 18.6 Å². The van der Waals surface area contributed by atoms with E-state index in [4.69, 9.17) is 4.74 Å². The van der Waals surface area contributed by atoms with E-state index in [0.717, 1.165) is 17.0 Å². The van der Waals surface area contributed by atoms with Gasteiger partial charge in [0.2, 0.25) is 15.9 Å². The normalized spacial score (nSPS) is 11.1. The monoisotopic (exact) mass is 342 g/mol. The third kappa shape index (κ3) is 5.74. The van der Waals surface area contributed by atoms with E-state index in [2.05, 4.69) is 0 Å². The predicted octanol–water partition coefficient (Wildman–Crippen LogP) is 2.11. The van der Waals surface area contributed by atoms with Gasteiger partial charge in [-0.05, 0) is 44.5 Å². The third-order valence-corrected chi connectivity index (χ3v) is 4.53. The van der Waals surface area contributed by atoms with Gasteiger partial charge in [0, 0.05) is 13.1 Å². The molecule has 0 unspecified atom stereocenters. The summed E-state index contributed by atoms with van der Waals surface area (Å²) in [4.78, 5) is 13.8. The van der Waals surface area contributed by atoms with E-state index in [1.807, 2.05) is 20.8 Å². The first-order chi connectivity index (χ1) is 10.8. The summed E-state index contributed by atoms with van der Waals surface area (Å²) in [6.45, 7) is 7.26. The summed E-state index contributed by atoms with van der Waals surface area (Å²) in [7, 11) is -3.55. The maximum Gasteiger partial charge on any atom is 0.243 e. The molecule has 1 aromatic rings. The summed E-state index contributed by atoms with van der Waals surface area (Å²) in [5, 5.41) is 0. The second kappa shape index (κ2) is 8.76. The van der Waals surface area contributed by atoms with Crippen molar-refractivity contribution in [3.8, 4) is 5.75 Å². The van der Waals surface area contributed by atoms with Gasteiger partial charge >= 0.3 is 0 Å². The first-order valence-corrected chi connectivity index (χ1v) is 9.66. The molecule has 0 spiro atoms. The molecule has 1 aromatic carbocycles. The first kappa shape index (κ1) is 19.3. The molecule has 6 nitrogen and oxygen atoms in total. The lowest BCUT2D eigenvalue weighted by Crippen LogP contribution is -2.42. The van der Waals surface area contributed by atoms with Crippen molar-refractivity contribution in [2.75, 3.05) is 36.8 Å². The molecule has 0 aromatic heterocycles. The van der Waals surface area contributed by atoms with Crippen LogP contribution in [0.1, 0.15) is 27.2 Å². The van der Waals surface area contributed by atoms with Crippen molar-refractivity contribution in [2.45, 2.75) is 27.2 Å². The number of sulfonamides is 1. The molecule has 130 valence electrons. The maximum atomic E-state index is 12.2. The highest BCUT2D eigenvalue weighted by molar-refractivity contribution is 7.92. The van der Waals surface area contributed by atoms with E-state index < -0.39 is 10.0 Å². The maximum absolute atomic E-state index is 12.2. The van der Waals surface area contributed by atoms with Gasteiger partial charge in [-0.15, -0.1) is 0 Å². The van der Waals surface area contributed by atoms with Crippen LogP contribution in [0.4, 0.5) is 5.69 Å². The minimum Gasteiger partial charge on any atom is -0.494 e. The van der Waals surface area contributed by atoms with Crippen molar-refractivity contribution in [1.29, 1.82) is 0 Å². The Morgan fingerprint density at radius 2 is 1.65 bits per heavy atom. The van der Waals surface area contributed by atoms with Crippen LogP contribution in [0, 0.1) is 0 Å². The van der Waals surface area contributed by atoms with Crippen molar-refractivity contribution in [3.63, 3.8) is 0 Å². The molecule has 0 saturated carbocycles. The van der Waals surface area contributed by atoms with Crippen LogP contribution in [0.2, 0.25) is 0 Å². The van der Waals surface area contributed by atoms with Crippen molar-refractivity contribution < 1.29 is 17.9 Å². The molecule has 1 amide bonds. The van der Waals surface area contributed by atoms with E-state index in [9.17, 15) is 13.2 Å². The number of nitrogens with zero attached hydrogens (tertiary/aromatic N) is 2. The number of anilines is 1. The number of rotatable bonds is 9. The number of hydrogen-bond donors (Lipinski definition) is 0. The fourth-order valence-electron chi connectivity index (χ4n) is 2.13. The second-order valence-electron chi connectivity index (χ2n) is 5.18. The topological polar surface area (TPSA) is 66.9 Å². The molecule has 0 bridgehead atoms. The molecule has 0 radical (unpaired) electrons. The summed E-state index contributed by atoms with van der Waals surface area (Å²) in [6.07, 6.45) is 2.00. The molecule has 0 atom stereocenters. The van der Waals surface area contributed by atoms with Gasteiger partial charge < -0.3 is 9.64 Å². The van der Waals surface area contributed by atoms with Gasteiger partial charge in [-0.1, -0.05) is 6.92 Å². The average Bonchev–Trinajstić information content (AvgIpc) is 2.51. The largest absolute Gasteiger partial charge is 0.494 e. The average molecular weight is 342 g/mol. The van der Waals surface area contributed by atoms with E-state index in [1.165, 1.54) is 0 Å². The summed E-state index contributed by atoms with van der Waals surface area (Å²) < 4.78 is 30.7. The second-order valence-corrected chi connectivity index (χ2v) is 7.08. The molecule has 0 aliphatic rings. The van der Waals surface area contributed by atoms with Gasteiger partial charge in [-0.2, -0.15) is 0 Å². The lowest BCUT2D eigenvalue weighted by molar-refractivity contribution is -0.129. The van der Waals surface area contributed by atoms with E-state index in [0.29, 0.717) is 31.1 Å². The zero-order chi connectivity index (χ0) is 17.5. The number of benzene rings is 1. The lowest BCUT2D eigenvalue weighted by Gasteiger charge is -2.26. The van der Waals surface area contributed by atoms with Crippen molar-refractivity contribution in [1.82, 2.24) is 4.90 Å². The molecule has 7 heteroatoms. The number of hydrogen-bond acceptors (Lipinski definition) is 4. The Labute approximate surface area is 139 Å². The van der Waals surface area contributed by atoms with Gasteiger partial charge in [0.15, 0.2) is 0 Å². The molecule has 0 heterocycles. The van der Waals surface area contributed by atoms with Crippen LogP contribution in [0.25, 0.3) is 0 Å². The van der Waals surface area contributed by atoms with Crippen LogP contribution >= 0.6 is 0 Å².